The number of aliphatic hydroxyl groups excluding tert-OH is 1. The van der Waals surface area contributed by atoms with Crippen LogP contribution in [0.2, 0.25) is 0 Å². The Bertz CT molecular complexity index is 276. The van der Waals surface area contributed by atoms with Crippen LogP contribution >= 0.6 is 0 Å². The minimum Gasteiger partial charge on any atom is -0.394 e. The maximum Gasteiger partial charge on any atom is 0.213 e. The fourth-order valence-corrected chi connectivity index (χ4v) is 0.807. The van der Waals surface area contributed by atoms with Crippen molar-refractivity contribution in [3.05, 3.63) is 29.8 Å². The number of aromatic nitrogens is 1. The summed E-state index contributed by atoms with van der Waals surface area (Å²) in [5.74, 6) is -0.586. The van der Waals surface area contributed by atoms with Crippen molar-refractivity contribution < 1.29 is 9.50 Å². The van der Waals surface area contributed by atoms with Gasteiger partial charge in [0.05, 0.1) is 17.8 Å². The predicted molar refractivity (Wildman–Crippen MR) is 42.8 cm³/mol. The maximum absolute atomic E-state index is 12.6. The number of nitrogens with two attached hydrogens (primary N) is 1. The average Bonchev–Trinajstić information content (AvgIpc) is 2.05. The van der Waals surface area contributed by atoms with Gasteiger partial charge in [0.2, 0.25) is 5.95 Å². The standard InChI is InChI=1S/C8H11FN2O/c1-8(10,5-12)6-3-2-4-7(9)11-6/h2-4,12H,5,10H2,1H3. The normalized spacial score (nSPS) is 15.7. The van der Waals surface area contributed by atoms with Crippen molar-refractivity contribution in [3.8, 4) is 0 Å². The van der Waals surface area contributed by atoms with Crippen LogP contribution in [-0.4, -0.2) is 16.7 Å². The second-order valence-electron chi connectivity index (χ2n) is 2.92. The highest BCUT2D eigenvalue weighted by Crippen LogP contribution is 2.13. The Balaban J connectivity index is 3.03. The molecule has 1 heterocycles. The summed E-state index contributed by atoms with van der Waals surface area (Å²) >= 11 is 0. The molecule has 0 fully saturated rings. The fourth-order valence-electron chi connectivity index (χ4n) is 0.807. The van der Waals surface area contributed by atoms with Crippen LogP contribution in [0.1, 0.15) is 12.6 Å². The van der Waals surface area contributed by atoms with Gasteiger partial charge in [-0.15, -0.1) is 0 Å². The van der Waals surface area contributed by atoms with E-state index in [1.807, 2.05) is 0 Å². The number of aliphatic hydroxyl groups is 1. The summed E-state index contributed by atoms with van der Waals surface area (Å²) in [5, 5.41) is 8.85. The van der Waals surface area contributed by atoms with Crippen molar-refractivity contribution >= 4 is 0 Å². The van der Waals surface area contributed by atoms with Crippen molar-refractivity contribution in [1.29, 1.82) is 0 Å². The van der Waals surface area contributed by atoms with E-state index < -0.39 is 11.5 Å². The number of pyridine rings is 1. The molecule has 0 bridgehead atoms. The number of hydrogen-bond acceptors (Lipinski definition) is 3. The molecule has 0 saturated carbocycles. The summed E-state index contributed by atoms with van der Waals surface area (Å²) in [4.78, 5) is 3.56. The van der Waals surface area contributed by atoms with Gasteiger partial charge in [0.1, 0.15) is 0 Å². The first-order chi connectivity index (χ1) is 5.56. The van der Waals surface area contributed by atoms with Gasteiger partial charge in [-0.1, -0.05) is 6.07 Å². The zero-order chi connectivity index (χ0) is 9.19. The molecule has 0 aliphatic carbocycles. The van der Waals surface area contributed by atoms with E-state index in [1.165, 1.54) is 12.1 Å². The van der Waals surface area contributed by atoms with Crippen molar-refractivity contribution in [2.45, 2.75) is 12.5 Å². The molecule has 0 radical (unpaired) electrons. The van der Waals surface area contributed by atoms with E-state index in [2.05, 4.69) is 4.98 Å². The SMILES string of the molecule is CC(N)(CO)c1cccc(F)n1. The third kappa shape index (κ3) is 1.78. The maximum atomic E-state index is 12.6. The Kier molecular flexibility index (Phi) is 2.40. The summed E-state index contributed by atoms with van der Waals surface area (Å²) in [6, 6.07) is 4.33. The van der Waals surface area contributed by atoms with E-state index in [-0.39, 0.29) is 6.61 Å². The lowest BCUT2D eigenvalue weighted by Gasteiger charge is -2.20. The van der Waals surface area contributed by atoms with E-state index in [0.717, 1.165) is 0 Å². The van der Waals surface area contributed by atoms with Gasteiger partial charge in [-0.2, -0.15) is 4.39 Å². The number of rotatable bonds is 2. The van der Waals surface area contributed by atoms with Crippen LogP contribution in [0.25, 0.3) is 0 Å². The molecule has 0 aliphatic heterocycles. The van der Waals surface area contributed by atoms with E-state index in [4.69, 9.17) is 10.8 Å². The molecule has 1 rings (SSSR count). The number of halogens is 1. The molecule has 1 unspecified atom stereocenters. The number of hydrogen-bond donors (Lipinski definition) is 2. The van der Waals surface area contributed by atoms with E-state index in [9.17, 15) is 4.39 Å². The first-order valence-corrected chi connectivity index (χ1v) is 3.59. The van der Waals surface area contributed by atoms with Gasteiger partial charge >= 0.3 is 0 Å². The second kappa shape index (κ2) is 3.16. The molecule has 0 aromatic carbocycles. The molecule has 1 aromatic rings. The Morgan fingerprint density at radius 1 is 1.67 bits per heavy atom. The van der Waals surface area contributed by atoms with Gasteiger partial charge in [0.15, 0.2) is 0 Å². The van der Waals surface area contributed by atoms with Crippen LogP contribution in [0.4, 0.5) is 4.39 Å². The van der Waals surface area contributed by atoms with Gasteiger partial charge < -0.3 is 10.8 Å². The van der Waals surface area contributed by atoms with Crippen molar-refractivity contribution in [2.24, 2.45) is 5.73 Å². The molecular formula is C8H11FN2O. The van der Waals surface area contributed by atoms with E-state index >= 15 is 0 Å². The van der Waals surface area contributed by atoms with Gasteiger partial charge in [-0.25, -0.2) is 4.98 Å². The van der Waals surface area contributed by atoms with E-state index in [0.29, 0.717) is 5.69 Å². The van der Waals surface area contributed by atoms with E-state index in [1.54, 1.807) is 13.0 Å². The minimum atomic E-state index is -0.970. The van der Waals surface area contributed by atoms with Crippen LogP contribution in [0, 0.1) is 5.95 Å². The molecule has 0 saturated heterocycles. The monoisotopic (exact) mass is 170 g/mol. The third-order valence-corrected chi connectivity index (χ3v) is 1.63. The Labute approximate surface area is 70.0 Å². The van der Waals surface area contributed by atoms with Crippen LogP contribution < -0.4 is 5.73 Å². The first-order valence-electron chi connectivity index (χ1n) is 3.59. The third-order valence-electron chi connectivity index (χ3n) is 1.63. The summed E-state index contributed by atoms with van der Waals surface area (Å²) in [7, 11) is 0. The molecule has 12 heavy (non-hydrogen) atoms. The largest absolute Gasteiger partial charge is 0.394 e. The molecular weight excluding hydrogens is 159 g/mol. The molecule has 1 atom stereocenters. The lowest BCUT2D eigenvalue weighted by Crippen LogP contribution is -2.38. The second-order valence-corrected chi connectivity index (χ2v) is 2.92. The molecule has 3 N–H and O–H groups in total. The Morgan fingerprint density at radius 3 is 2.83 bits per heavy atom. The highest BCUT2D eigenvalue weighted by Gasteiger charge is 2.21. The summed E-state index contributed by atoms with van der Waals surface area (Å²) in [6.07, 6.45) is 0. The lowest BCUT2D eigenvalue weighted by atomic mass is 10.0. The van der Waals surface area contributed by atoms with Crippen LogP contribution in [0.3, 0.4) is 0 Å². The van der Waals surface area contributed by atoms with Crippen molar-refractivity contribution in [1.82, 2.24) is 4.98 Å². The highest BCUT2D eigenvalue weighted by atomic mass is 19.1. The molecule has 4 heteroatoms. The van der Waals surface area contributed by atoms with Gasteiger partial charge in [-0.05, 0) is 19.1 Å². The van der Waals surface area contributed by atoms with Crippen LogP contribution in [-0.2, 0) is 5.54 Å². The summed E-state index contributed by atoms with van der Waals surface area (Å²) in [6.45, 7) is 1.33. The quantitative estimate of drug-likeness (QED) is 0.631. The fraction of sp³-hybridized carbons (Fsp3) is 0.375. The first kappa shape index (κ1) is 9.09. The average molecular weight is 170 g/mol. The Hall–Kier alpha value is -1.00. The van der Waals surface area contributed by atoms with Crippen LogP contribution in [0.5, 0.6) is 0 Å². The Morgan fingerprint density at radius 2 is 2.33 bits per heavy atom. The molecule has 1 aromatic heterocycles. The molecule has 3 nitrogen and oxygen atoms in total. The molecule has 0 amide bonds. The van der Waals surface area contributed by atoms with Gasteiger partial charge in [0.25, 0.3) is 0 Å². The number of nitrogens with zero attached hydrogens (tertiary/aromatic N) is 1. The zero-order valence-electron chi connectivity index (χ0n) is 6.79. The molecule has 0 aliphatic rings. The predicted octanol–water partition coefficient (Wildman–Crippen LogP) is 0.387. The van der Waals surface area contributed by atoms with Crippen molar-refractivity contribution in [3.63, 3.8) is 0 Å². The highest BCUT2D eigenvalue weighted by molar-refractivity contribution is 5.14. The smallest absolute Gasteiger partial charge is 0.213 e. The van der Waals surface area contributed by atoms with Crippen molar-refractivity contribution in [2.75, 3.05) is 6.61 Å². The van der Waals surface area contributed by atoms with Crippen LogP contribution in [0.15, 0.2) is 18.2 Å². The minimum absolute atomic E-state index is 0.260. The van der Waals surface area contributed by atoms with Gasteiger partial charge in [0, 0.05) is 0 Å². The zero-order valence-corrected chi connectivity index (χ0v) is 6.79. The molecule has 0 spiro atoms. The summed E-state index contributed by atoms with van der Waals surface area (Å²) < 4.78 is 12.6. The van der Waals surface area contributed by atoms with Gasteiger partial charge in [-0.3, -0.25) is 0 Å². The topological polar surface area (TPSA) is 59.1 Å². The molecule has 66 valence electrons. The lowest BCUT2D eigenvalue weighted by molar-refractivity contribution is 0.206. The summed E-state index contributed by atoms with van der Waals surface area (Å²) in [5.41, 5.74) is 5.01.